The van der Waals surface area contributed by atoms with Gasteiger partial charge in [0.15, 0.2) is 0 Å². The number of ether oxygens (including phenoxy) is 1. The van der Waals surface area contributed by atoms with Gasteiger partial charge in [-0.3, -0.25) is 19.7 Å². The fourth-order valence-electron chi connectivity index (χ4n) is 5.12. The molecule has 0 saturated carbocycles. The van der Waals surface area contributed by atoms with Crippen molar-refractivity contribution in [3.05, 3.63) is 64.7 Å². The zero-order valence-corrected chi connectivity index (χ0v) is 18.9. The Morgan fingerprint density at radius 2 is 1.41 bits per heavy atom. The quantitative estimate of drug-likeness (QED) is 0.291. The van der Waals surface area contributed by atoms with Gasteiger partial charge in [-0.1, -0.05) is 12.2 Å². The van der Waals surface area contributed by atoms with Crippen LogP contribution in [0.25, 0.3) is 0 Å². The van der Waals surface area contributed by atoms with E-state index in [-0.39, 0.29) is 35.0 Å². The van der Waals surface area contributed by atoms with Gasteiger partial charge in [0.2, 0.25) is 11.8 Å². The first-order valence-corrected chi connectivity index (χ1v) is 11.4. The Labute approximate surface area is 197 Å². The number of piperazine rings is 1. The molecule has 2 atom stereocenters. The summed E-state index contributed by atoms with van der Waals surface area (Å²) in [4.78, 5) is 42.7. The van der Waals surface area contributed by atoms with E-state index in [2.05, 4.69) is 4.90 Å². The molecule has 1 aliphatic carbocycles. The maximum atomic E-state index is 12.9. The molecule has 9 heteroatoms. The molecule has 2 aromatic rings. The van der Waals surface area contributed by atoms with Crippen molar-refractivity contribution in [2.75, 3.05) is 48.0 Å². The standard InChI is InChI=1S/C25H26N4O5/c1-34-19-9-6-17(7-10-19)26-12-14-27(15-13-26)22-11-8-18(16-23(22)29(32)33)28-24(30)20-4-2-3-5-21(20)25(28)31/h2-3,6-11,16,20-21H,4-5,12-15H2,1H3/t20-,21+. The Kier molecular flexibility index (Phi) is 5.69. The number of hydrogen-bond donors (Lipinski definition) is 0. The second kappa shape index (κ2) is 8.81. The molecule has 176 valence electrons. The smallest absolute Gasteiger partial charge is 0.294 e. The minimum atomic E-state index is -0.436. The molecule has 9 nitrogen and oxygen atoms in total. The minimum Gasteiger partial charge on any atom is -0.497 e. The van der Waals surface area contributed by atoms with E-state index < -0.39 is 4.92 Å². The first-order chi connectivity index (χ1) is 16.5. The van der Waals surface area contributed by atoms with Crippen LogP contribution in [0.2, 0.25) is 0 Å². The monoisotopic (exact) mass is 462 g/mol. The van der Waals surface area contributed by atoms with Crippen LogP contribution in [0.5, 0.6) is 5.75 Å². The Bertz CT molecular complexity index is 1130. The lowest BCUT2D eigenvalue weighted by atomic mass is 9.85. The summed E-state index contributed by atoms with van der Waals surface area (Å²) in [5, 5.41) is 12.0. The molecule has 0 N–H and O–H groups in total. The van der Waals surface area contributed by atoms with Gasteiger partial charge in [-0.25, -0.2) is 4.90 Å². The summed E-state index contributed by atoms with van der Waals surface area (Å²) in [6.07, 6.45) is 4.91. The van der Waals surface area contributed by atoms with Crippen molar-refractivity contribution >= 4 is 34.6 Å². The lowest BCUT2D eigenvalue weighted by Crippen LogP contribution is -2.46. The Morgan fingerprint density at radius 3 is 1.97 bits per heavy atom. The number of methoxy groups -OCH3 is 1. The highest BCUT2D eigenvalue weighted by atomic mass is 16.6. The van der Waals surface area contributed by atoms with Crippen molar-refractivity contribution in [2.24, 2.45) is 11.8 Å². The van der Waals surface area contributed by atoms with Crippen molar-refractivity contribution in [3.63, 3.8) is 0 Å². The molecule has 3 aliphatic rings. The molecule has 0 radical (unpaired) electrons. The summed E-state index contributed by atoms with van der Waals surface area (Å²) in [5.41, 5.74) is 1.76. The molecular formula is C25H26N4O5. The second-order valence-corrected chi connectivity index (χ2v) is 8.77. The number of carbonyl (C=O) groups excluding carboxylic acids is 2. The van der Waals surface area contributed by atoms with Crippen LogP contribution in [-0.2, 0) is 9.59 Å². The summed E-state index contributed by atoms with van der Waals surface area (Å²) >= 11 is 0. The van der Waals surface area contributed by atoms with Gasteiger partial charge in [-0.2, -0.15) is 0 Å². The van der Waals surface area contributed by atoms with Gasteiger partial charge in [0.25, 0.3) is 5.69 Å². The molecular weight excluding hydrogens is 436 g/mol. The molecule has 0 bridgehead atoms. The van der Waals surface area contributed by atoms with Crippen LogP contribution in [0.1, 0.15) is 12.8 Å². The fourth-order valence-corrected chi connectivity index (χ4v) is 5.12. The van der Waals surface area contributed by atoms with Crippen LogP contribution >= 0.6 is 0 Å². The van der Waals surface area contributed by atoms with Gasteiger partial charge in [-0.05, 0) is 49.2 Å². The number of amides is 2. The van der Waals surface area contributed by atoms with Crippen LogP contribution in [0.3, 0.4) is 0 Å². The molecule has 34 heavy (non-hydrogen) atoms. The van der Waals surface area contributed by atoms with Crippen LogP contribution in [0.4, 0.5) is 22.7 Å². The highest BCUT2D eigenvalue weighted by molar-refractivity contribution is 6.22. The van der Waals surface area contributed by atoms with Gasteiger partial charge < -0.3 is 14.5 Å². The van der Waals surface area contributed by atoms with Gasteiger partial charge in [-0.15, -0.1) is 0 Å². The molecule has 2 fully saturated rings. The normalized spacial score (nSPS) is 22.2. The predicted molar refractivity (Wildman–Crippen MR) is 128 cm³/mol. The molecule has 0 aromatic heterocycles. The summed E-state index contributed by atoms with van der Waals surface area (Å²) < 4.78 is 5.22. The SMILES string of the molecule is COc1ccc(N2CCN(c3ccc(N4C(=O)[C@H]5CC=CC[C@H]5C4=O)cc3[N+](=O)[O-])CC2)cc1. The first kappa shape index (κ1) is 21.9. The molecule has 5 rings (SSSR count). The summed E-state index contributed by atoms with van der Waals surface area (Å²) in [5.74, 6) is -0.489. The number of nitro groups is 1. The molecule has 2 amide bonds. The van der Waals surface area contributed by atoms with Crippen molar-refractivity contribution in [2.45, 2.75) is 12.8 Å². The van der Waals surface area contributed by atoms with E-state index in [9.17, 15) is 19.7 Å². The van der Waals surface area contributed by atoms with Crippen molar-refractivity contribution in [1.29, 1.82) is 0 Å². The van der Waals surface area contributed by atoms with Crippen LogP contribution in [-0.4, -0.2) is 50.0 Å². The van der Waals surface area contributed by atoms with Crippen molar-refractivity contribution in [1.82, 2.24) is 0 Å². The van der Waals surface area contributed by atoms with Crippen molar-refractivity contribution in [3.8, 4) is 5.75 Å². The zero-order chi connectivity index (χ0) is 23.8. The number of hydrogen-bond acceptors (Lipinski definition) is 7. The lowest BCUT2D eigenvalue weighted by molar-refractivity contribution is -0.384. The number of nitro benzene ring substituents is 1. The van der Waals surface area contributed by atoms with E-state index in [1.54, 1.807) is 19.2 Å². The number of nitrogens with zero attached hydrogens (tertiary/aromatic N) is 4. The molecule has 2 saturated heterocycles. The number of carbonyl (C=O) groups is 2. The predicted octanol–water partition coefficient (Wildman–Crippen LogP) is 3.39. The second-order valence-electron chi connectivity index (χ2n) is 8.77. The van der Waals surface area contributed by atoms with Gasteiger partial charge >= 0.3 is 0 Å². The Morgan fingerprint density at radius 1 is 0.853 bits per heavy atom. The number of benzene rings is 2. The average Bonchev–Trinajstić information content (AvgIpc) is 3.13. The van der Waals surface area contributed by atoms with Crippen LogP contribution < -0.4 is 19.4 Å². The number of fused-ring (bicyclic) bond motifs is 1. The van der Waals surface area contributed by atoms with E-state index >= 15 is 0 Å². The average molecular weight is 463 g/mol. The molecule has 0 spiro atoms. The van der Waals surface area contributed by atoms with E-state index in [1.165, 1.54) is 6.07 Å². The molecule has 2 heterocycles. The molecule has 2 aliphatic heterocycles. The number of rotatable bonds is 5. The minimum absolute atomic E-state index is 0.0935. The fraction of sp³-hybridized carbons (Fsp3) is 0.360. The highest BCUT2D eigenvalue weighted by Gasteiger charge is 2.48. The van der Waals surface area contributed by atoms with Gasteiger partial charge in [0.05, 0.1) is 29.6 Å². The third-order valence-electron chi connectivity index (χ3n) is 6.98. The summed E-state index contributed by atoms with van der Waals surface area (Å²) in [6.45, 7) is 2.66. The van der Waals surface area contributed by atoms with Gasteiger partial charge in [0.1, 0.15) is 11.4 Å². The maximum absolute atomic E-state index is 12.9. The number of imide groups is 1. The topological polar surface area (TPSA) is 96.2 Å². The number of allylic oxidation sites excluding steroid dienone is 2. The number of anilines is 3. The third-order valence-corrected chi connectivity index (χ3v) is 6.98. The first-order valence-electron chi connectivity index (χ1n) is 11.4. The Hall–Kier alpha value is -3.88. The maximum Gasteiger partial charge on any atom is 0.294 e. The summed E-state index contributed by atoms with van der Waals surface area (Å²) in [7, 11) is 1.63. The lowest BCUT2D eigenvalue weighted by Gasteiger charge is -2.37. The van der Waals surface area contributed by atoms with Crippen LogP contribution in [0, 0.1) is 22.0 Å². The molecule has 2 aromatic carbocycles. The van der Waals surface area contributed by atoms with Crippen LogP contribution in [0.15, 0.2) is 54.6 Å². The highest BCUT2D eigenvalue weighted by Crippen LogP contribution is 2.40. The molecule has 0 unspecified atom stereocenters. The zero-order valence-electron chi connectivity index (χ0n) is 18.9. The van der Waals surface area contributed by atoms with E-state index in [1.807, 2.05) is 41.3 Å². The van der Waals surface area contributed by atoms with Gasteiger partial charge in [0, 0.05) is 37.9 Å². The largest absolute Gasteiger partial charge is 0.497 e. The summed E-state index contributed by atoms with van der Waals surface area (Å²) in [6, 6.07) is 12.5. The van der Waals surface area contributed by atoms with E-state index in [4.69, 9.17) is 4.74 Å². The van der Waals surface area contributed by atoms with E-state index in [0.717, 1.165) is 16.3 Å². The van der Waals surface area contributed by atoms with Crippen molar-refractivity contribution < 1.29 is 19.2 Å². The Balaban J connectivity index is 1.35. The third kappa shape index (κ3) is 3.76. The van der Waals surface area contributed by atoms with E-state index in [0.29, 0.717) is 44.7 Å².